The minimum absolute atomic E-state index is 0.0912. The number of hydrogen-bond donors (Lipinski definition) is 1. The average molecular weight is 338 g/mol. The highest BCUT2D eigenvalue weighted by Gasteiger charge is 2.10. The van der Waals surface area contributed by atoms with Crippen LogP contribution in [-0.4, -0.2) is 10.9 Å². The fourth-order valence-corrected chi connectivity index (χ4v) is 2.66. The van der Waals surface area contributed by atoms with Gasteiger partial charge in [0.1, 0.15) is 5.82 Å². The summed E-state index contributed by atoms with van der Waals surface area (Å²) >= 11 is 0. The molecule has 1 amide bonds. The Morgan fingerprint density at radius 3 is 2.48 bits per heavy atom. The highest BCUT2D eigenvalue weighted by atomic mass is 19.1. The Labute approximate surface area is 145 Å². The molecule has 0 atom stereocenters. The van der Waals surface area contributed by atoms with E-state index in [1.807, 2.05) is 26.0 Å². The van der Waals surface area contributed by atoms with E-state index in [4.69, 9.17) is 4.42 Å². The molecule has 0 unspecified atom stereocenters. The number of carbonyl (C=O) groups is 1. The van der Waals surface area contributed by atoms with Crippen molar-refractivity contribution >= 4 is 11.6 Å². The number of carbonyl (C=O) groups excluding carboxylic acids is 1. The summed E-state index contributed by atoms with van der Waals surface area (Å²) in [4.78, 5) is 16.3. The fourth-order valence-electron chi connectivity index (χ4n) is 2.66. The van der Waals surface area contributed by atoms with Crippen LogP contribution >= 0.6 is 0 Å². The Bertz CT molecular complexity index is 865. The van der Waals surface area contributed by atoms with Crippen LogP contribution in [0.1, 0.15) is 23.4 Å². The van der Waals surface area contributed by atoms with Gasteiger partial charge in [-0.15, -0.1) is 0 Å². The van der Waals surface area contributed by atoms with Crippen LogP contribution in [0.5, 0.6) is 0 Å². The number of rotatable bonds is 5. The zero-order valence-corrected chi connectivity index (χ0v) is 14.2. The van der Waals surface area contributed by atoms with Crippen molar-refractivity contribution in [2.24, 2.45) is 0 Å². The number of nitrogens with zero attached hydrogens (tertiary/aromatic N) is 1. The van der Waals surface area contributed by atoms with E-state index < -0.39 is 0 Å². The molecule has 4 nitrogen and oxygen atoms in total. The zero-order valence-electron chi connectivity index (χ0n) is 14.2. The first-order valence-corrected chi connectivity index (χ1v) is 8.08. The van der Waals surface area contributed by atoms with E-state index in [1.165, 1.54) is 12.1 Å². The van der Waals surface area contributed by atoms with E-state index in [0.29, 0.717) is 18.1 Å². The van der Waals surface area contributed by atoms with Crippen LogP contribution in [-0.2, 0) is 11.2 Å². The van der Waals surface area contributed by atoms with Gasteiger partial charge in [-0.25, -0.2) is 9.37 Å². The van der Waals surface area contributed by atoms with E-state index >= 15 is 0 Å². The minimum atomic E-state index is -0.299. The Morgan fingerprint density at radius 2 is 1.80 bits per heavy atom. The van der Waals surface area contributed by atoms with Crippen LogP contribution in [0.3, 0.4) is 0 Å². The van der Waals surface area contributed by atoms with Crippen molar-refractivity contribution in [1.29, 1.82) is 0 Å². The van der Waals surface area contributed by atoms with E-state index in [1.54, 1.807) is 18.3 Å². The highest BCUT2D eigenvalue weighted by Crippen LogP contribution is 2.21. The molecule has 0 aliphatic carbocycles. The first-order valence-electron chi connectivity index (χ1n) is 8.08. The number of hydrogen-bond acceptors (Lipinski definition) is 3. The molecule has 1 aromatic heterocycles. The number of nitrogens with one attached hydrogen (secondary N) is 1. The van der Waals surface area contributed by atoms with Crippen LogP contribution in [0.2, 0.25) is 0 Å². The zero-order chi connectivity index (χ0) is 17.8. The summed E-state index contributed by atoms with van der Waals surface area (Å²) in [5.41, 5.74) is 3.75. The second kappa shape index (κ2) is 7.30. The van der Waals surface area contributed by atoms with Crippen molar-refractivity contribution in [3.05, 3.63) is 71.5 Å². The van der Waals surface area contributed by atoms with Gasteiger partial charge in [-0.3, -0.25) is 4.79 Å². The lowest BCUT2D eigenvalue weighted by atomic mass is 10.1. The van der Waals surface area contributed by atoms with Crippen LogP contribution in [0.25, 0.3) is 11.3 Å². The summed E-state index contributed by atoms with van der Waals surface area (Å²) in [7, 11) is 0. The average Bonchev–Trinajstić information content (AvgIpc) is 3.01. The monoisotopic (exact) mass is 338 g/mol. The molecule has 0 bridgehead atoms. The maximum absolute atomic E-state index is 13.0. The van der Waals surface area contributed by atoms with Gasteiger partial charge in [0.25, 0.3) is 0 Å². The summed E-state index contributed by atoms with van der Waals surface area (Å²) < 4.78 is 18.6. The van der Waals surface area contributed by atoms with Gasteiger partial charge in [-0.1, -0.05) is 6.07 Å². The number of oxazole rings is 1. The molecule has 3 aromatic rings. The van der Waals surface area contributed by atoms with E-state index in [9.17, 15) is 9.18 Å². The molecule has 0 radical (unpaired) electrons. The molecule has 0 fully saturated rings. The Balaban J connectivity index is 1.58. The highest BCUT2D eigenvalue weighted by molar-refractivity contribution is 5.90. The van der Waals surface area contributed by atoms with Crippen LogP contribution < -0.4 is 5.32 Å². The van der Waals surface area contributed by atoms with Gasteiger partial charge in [0, 0.05) is 24.1 Å². The van der Waals surface area contributed by atoms with Crippen molar-refractivity contribution in [1.82, 2.24) is 4.98 Å². The standard InChI is InChI=1S/C20H19FN2O2/c1-13-9-14(2)11-17(10-13)23-19(24)7-8-20-22-12-18(25-20)15-3-5-16(21)6-4-15/h3-6,9-12H,7-8H2,1-2H3,(H,23,24). The first-order chi connectivity index (χ1) is 12.0. The Hall–Kier alpha value is -2.95. The van der Waals surface area contributed by atoms with Crippen LogP contribution in [0.4, 0.5) is 10.1 Å². The van der Waals surface area contributed by atoms with Crippen molar-refractivity contribution in [3.8, 4) is 11.3 Å². The number of halogens is 1. The van der Waals surface area contributed by atoms with Crippen LogP contribution in [0.15, 0.2) is 53.1 Å². The largest absolute Gasteiger partial charge is 0.441 e. The molecule has 1 N–H and O–H groups in total. The molecule has 25 heavy (non-hydrogen) atoms. The quantitative estimate of drug-likeness (QED) is 0.735. The second-order valence-electron chi connectivity index (χ2n) is 6.05. The summed E-state index contributed by atoms with van der Waals surface area (Å²) in [6, 6.07) is 11.9. The van der Waals surface area contributed by atoms with Gasteiger partial charge < -0.3 is 9.73 Å². The molecule has 0 saturated carbocycles. The maximum atomic E-state index is 13.0. The first kappa shape index (κ1) is 16.9. The third-order valence-electron chi connectivity index (χ3n) is 3.75. The van der Waals surface area contributed by atoms with Gasteiger partial charge in [0.05, 0.1) is 6.20 Å². The number of anilines is 1. The molecule has 2 aromatic carbocycles. The molecular weight excluding hydrogens is 319 g/mol. The number of benzene rings is 2. The molecule has 1 heterocycles. The summed E-state index contributed by atoms with van der Waals surface area (Å²) in [6.45, 7) is 3.98. The van der Waals surface area contributed by atoms with Crippen molar-refractivity contribution in [3.63, 3.8) is 0 Å². The lowest BCUT2D eigenvalue weighted by molar-refractivity contribution is -0.116. The topological polar surface area (TPSA) is 55.1 Å². The lowest BCUT2D eigenvalue weighted by Gasteiger charge is -2.07. The van der Waals surface area contributed by atoms with Crippen molar-refractivity contribution in [2.75, 3.05) is 5.32 Å². The molecule has 5 heteroatoms. The third-order valence-corrected chi connectivity index (χ3v) is 3.75. The van der Waals surface area contributed by atoms with Gasteiger partial charge in [-0.05, 0) is 61.4 Å². The molecule has 128 valence electrons. The van der Waals surface area contributed by atoms with Gasteiger partial charge in [0.15, 0.2) is 11.7 Å². The summed E-state index contributed by atoms with van der Waals surface area (Å²) in [6.07, 6.45) is 2.26. The Kier molecular flexibility index (Phi) is 4.93. The molecule has 0 aliphatic heterocycles. The second-order valence-corrected chi connectivity index (χ2v) is 6.05. The third kappa shape index (κ3) is 4.53. The van der Waals surface area contributed by atoms with E-state index in [2.05, 4.69) is 16.4 Å². The predicted molar refractivity (Wildman–Crippen MR) is 94.8 cm³/mol. The maximum Gasteiger partial charge on any atom is 0.224 e. The lowest BCUT2D eigenvalue weighted by Crippen LogP contribution is -2.12. The number of aryl methyl sites for hydroxylation is 3. The molecular formula is C20H19FN2O2. The molecule has 0 saturated heterocycles. The van der Waals surface area contributed by atoms with E-state index in [0.717, 1.165) is 22.4 Å². The van der Waals surface area contributed by atoms with Crippen molar-refractivity contribution < 1.29 is 13.6 Å². The number of amides is 1. The predicted octanol–water partition coefficient (Wildman–Crippen LogP) is 4.67. The van der Waals surface area contributed by atoms with Crippen LogP contribution in [0, 0.1) is 19.7 Å². The smallest absolute Gasteiger partial charge is 0.224 e. The van der Waals surface area contributed by atoms with Crippen molar-refractivity contribution in [2.45, 2.75) is 26.7 Å². The Morgan fingerprint density at radius 1 is 1.12 bits per heavy atom. The minimum Gasteiger partial charge on any atom is -0.441 e. The summed E-state index contributed by atoms with van der Waals surface area (Å²) in [5, 5.41) is 2.89. The molecule has 0 aliphatic rings. The molecule has 3 rings (SSSR count). The van der Waals surface area contributed by atoms with Gasteiger partial charge in [0.2, 0.25) is 5.91 Å². The van der Waals surface area contributed by atoms with Gasteiger partial charge >= 0.3 is 0 Å². The SMILES string of the molecule is Cc1cc(C)cc(NC(=O)CCc2ncc(-c3ccc(F)cc3)o2)c1. The van der Waals surface area contributed by atoms with E-state index in [-0.39, 0.29) is 18.1 Å². The number of aromatic nitrogens is 1. The molecule has 0 spiro atoms. The summed E-state index contributed by atoms with van der Waals surface area (Å²) in [5.74, 6) is 0.651. The van der Waals surface area contributed by atoms with Gasteiger partial charge in [-0.2, -0.15) is 0 Å². The normalized spacial score (nSPS) is 10.7. The fraction of sp³-hybridized carbons (Fsp3) is 0.200.